The van der Waals surface area contributed by atoms with Gasteiger partial charge >= 0.3 is 12.0 Å². The maximum absolute atomic E-state index is 12.5. The number of para-hydroxylation sites is 1. The topological polar surface area (TPSA) is 84.5 Å². The molecule has 0 aromatic heterocycles. The number of esters is 1. The lowest BCUT2D eigenvalue weighted by molar-refractivity contribution is -0.142. The fraction of sp³-hybridized carbons (Fsp3) is 0.160. The summed E-state index contributed by atoms with van der Waals surface area (Å²) >= 11 is 6.05. The molecule has 0 radical (unpaired) electrons. The first-order valence-corrected chi connectivity index (χ1v) is 10.5. The highest BCUT2D eigenvalue weighted by Crippen LogP contribution is 2.42. The number of hydrogen-bond donors (Lipinski definition) is 2. The lowest BCUT2D eigenvalue weighted by Gasteiger charge is -2.10. The van der Waals surface area contributed by atoms with E-state index in [1.807, 2.05) is 24.3 Å². The maximum Gasteiger partial charge on any atom is 0.323 e. The molecule has 4 rings (SSSR count). The predicted molar refractivity (Wildman–Crippen MR) is 124 cm³/mol. The summed E-state index contributed by atoms with van der Waals surface area (Å²) in [5, 5.41) is 5.93. The first-order valence-electron chi connectivity index (χ1n) is 10.1. The molecule has 32 heavy (non-hydrogen) atoms. The maximum atomic E-state index is 12.5. The second kappa shape index (κ2) is 9.24. The molecule has 162 valence electrons. The van der Waals surface area contributed by atoms with E-state index in [2.05, 4.69) is 10.6 Å². The van der Waals surface area contributed by atoms with Crippen LogP contribution in [0.2, 0.25) is 5.02 Å². The minimum atomic E-state index is -0.390. The van der Waals surface area contributed by atoms with Crippen molar-refractivity contribution >= 4 is 40.8 Å². The van der Waals surface area contributed by atoms with Gasteiger partial charge in [0.1, 0.15) is 0 Å². The Morgan fingerprint density at radius 1 is 0.844 bits per heavy atom. The van der Waals surface area contributed by atoms with Gasteiger partial charge in [-0.3, -0.25) is 9.59 Å². The molecular weight excluding hydrogens is 428 g/mol. The van der Waals surface area contributed by atoms with E-state index in [9.17, 15) is 14.4 Å². The van der Waals surface area contributed by atoms with Crippen molar-refractivity contribution in [3.63, 3.8) is 0 Å². The van der Waals surface area contributed by atoms with Crippen LogP contribution in [0.15, 0.2) is 72.8 Å². The van der Waals surface area contributed by atoms with Crippen LogP contribution in [-0.2, 0) is 9.53 Å². The van der Waals surface area contributed by atoms with E-state index in [1.165, 1.54) is 7.11 Å². The molecule has 0 saturated heterocycles. The number of carbonyl (C=O) groups is 3. The van der Waals surface area contributed by atoms with E-state index < -0.39 is 0 Å². The zero-order valence-electron chi connectivity index (χ0n) is 17.3. The Balaban J connectivity index is 1.37. The number of urea groups is 1. The number of halogens is 1. The van der Waals surface area contributed by atoms with Crippen LogP contribution < -0.4 is 10.6 Å². The molecule has 2 unspecified atom stereocenters. The largest absolute Gasteiger partial charge is 0.469 e. The number of anilines is 2. The van der Waals surface area contributed by atoms with Crippen LogP contribution in [0, 0.1) is 11.8 Å². The Kier molecular flexibility index (Phi) is 6.23. The van der Waals surface area contributed by atoms with Crippen molar-refractivity contribution < 1.29 is 19.1 Å². The molecule has 1 saturated carbocycles. The Hall–Kier alpha value is -3.64. The average Bonchev–Trinajstić information content (AvgIpc) is 3.61. The Morgan fingerprint density at radius 2 is 1.47 bits per heavy atom. The summed E-state index contributed by atoms with van der Waals surface area (Å²) in [6.45, 7) is 0. The van der Waals surface area contributed by atoms with Crippen LogP contribution in [0.4, 0.5) is 16.2 Å². The quantitative estimate of drug-likeness (QED) is 0.377. The highest BCUT2D eigenvalue weighted by molar-refractivity contribution is 6.33. The molecule has 0 aliphatic heterocycles. The standard InChI is InChI=1S/C25H21ClN2O4/c1-32-24(30)20-14-19(20)23(29)17-8-6-15(7-9-17)16-10-12-18(13-11-16)27-25(31)28-22-5-3-2-4-21(22)26/h2-13,19-20H,14H2,1H3,(H2,27,28,31). The Morgan fingerprint density at radius 3 is 2.09 bits per heavy atom. The van der Waals surface area contributed by atoms with Gasteiger partial charge in [0.05, 0.1) is 23.7 Å². The summed E-state index contributed by atoms with van der Waals surface area (Å²) in [5.41, 5.74) is 3.63. The Bertz CT molecular complexity index is 1160. The van der Waals surface area contributed by atoms with Gasteiger partial charge in [0.15, 0.2) is 5.78 Å². The number of hydrogen-bond acceptors (Lipinski definition) is 4. The van der Waals surface area contributed by atoms with Crippen molar-refractivity contribution in [2.24, 2.45) is 11.8 Å². The van der Waals surface area contributed by atoms with Crippen molar-refractivity contribution in [1.82, 2.24) is 0 Å². The molecule has 1 aliphatic rings. The SMILES string of the molecule is COC(=O)C1CC1C(=O)c1ccc(-c2ccc(NC(=O)Nc3ccccc3Cl)cc2)cc1. The molecule has 0 heterocycles. The number of nitrogens with one attached hydrogen (secondary N) is 2. The van der Waals surface area contributed by atoms with Crippen LogP contribution in [0.5, 0.6) is 0 Å². The monoisotopic (exact) mass is 448 g/mol. The summed E-state index contributed by atoms with van der Waals surface area (Å²) in [6.07, 6.45) is 0.547. The van der Waals surface area contributed by atoms with Gasteiger partial charge in [0.2, 0.25) is 0 Å². The van der Waals surface area contributed by atoms with Crippen molar-refractivity contribution in [1.29, 1.82) is 0 Å². The second-order valence-corrected chi connectivity index (χ2v) is 7.96. The molecule has 2 amide bonds. The lowest BCUT2D eigenvalue weighted by atomic mass is 10.0. The third kappa shape index (κ3) is 4.81. The van der Waals surface area contributed by atoms with Gasteiger partial charge in [-0.15, -0.1) is 0 Å². The van der Waals surface area contributed by atoms with E-state index in [1.54, 1.807) is 48.5 Å². The van der Waals surface area contributed by atoms with Crippen LogP contribution in [-0.4, -0.2) is 24.9 Å². The first-order chi connectivity index (χ1) is 15.5. The van der Waals surface area contributed by atoms with E-state index in [0.29, 0.717) is 28.4 Å². The van der Waals surface area contributed by atoms with E-state index in [-0.39, 0.29) is 29.6 Å². The average molecular weight is 449 g/mol. The van der Waals surface area contributed by atoms with Gasteiger partial charge in [-0.1, -0.05) is 60.1 Å². The minimum Gasteiger partial charge on any atom is -0.469 e. The normalized spacial score (nSPS) is 16.7. The number of ether oxygens (including phenoxy) is 1. The number of benzene rings is 3. The first kappa shape index (κ1) is 21.6. The Labute approximate surface area is 190 Å². The van der Waals surface area contributed by atoms with Gasteiger partial charge < -0.3 is 15.4 Å². The number of amides is 2. The number of ketones is 1. The molecule has 1 aliphatic carbocycles. The van der Waals surface area contributed by atoms with Gasteiger partial charge in [0, 0.05) is 17.2 Å². The summed E-state index contributed by atoms with van der Waals surface area (Å²) in [6, 6.07) is 21.3. The summed E-state index contributed by atoms with van der Waals surface area (Å²) in [4.78, 5) is 36.3. The molecule has 2 N–H and O–H groups in total. The molecule has 7 heteroatoms. The number of rotatable bonds is 6. The highest BCUT2D eigenvalue weighted by atomic mass is 35.5. The molecule has 3 aromatic carbocycles. The zero-order valence-corrected chi connectivity index (χ0v) is 18.1. The summed E-state index contributed by atoms with van der Waals surface area (Å²) in [5.74, 6) is -0.955. The van der Waals surface area contributed by atoms with Crippen LogP contribution in [0.3, 0.4) is 0 Å². The molecular formula is C25H21ClN2O4. The number of methoxy groups -OCH3 is 1. The van der Waals surface area contributed by atoms with Gasteiger partial charge in [0.25, 0.3) is 0 Å². The van der Waals surface area contributed by atoms with E-state index in [0.717, 1.165) is 11.1 Å². The van der Waals surface area contributed by atoms with Gasteiger partial charge in [-0.25, -0.2) is 4.79 Å². The zero-order chi connectivity index (χ0) is 22.7. The molecule has 6 nitrogen and oxygen atoms in total. The number of Topliss-reactive ketones (excluding diaryl/α,β-unsaturated/α-hetero) is 1. The summed E-state index contributed by atoms with van der Waals surface area (Å²) in [7, 11) is 1.34. The molecule has 2 atom stereocenters. The van der Waals surface area contributed by atoms with Gasteiger partial charge in [-0.2, -0.15) is 0 Å². The minimum absolute atomic E-state index is 0.0315. The fourth-order valence-corrected chi connectivity index (χ4v) is 3.71. The number of carbonyl (C=O) groups excluding carboxylic acids is 3. The second-order valence-electron chi connectivity index (χ2n) is 7.55. The fourth-order valence-electron chi connectivity index (χ4n) is 3.53. The van der Waals surface area contributed by atoms with Crippen molar-refractivity contribution in [3.8, 4) is 11.1 Å². The molecule has 3 aromatic rings. The smallest absolute Gasteiger partial charge is 0.323 e. The van der Waals surface area contributed by atoms with Crippen LogP contribution >= 0.6 is 11.6 Å². The van der Waals surface area contributed by atoms with Crippen LogP contribution in [0.25, 0.3) is 11.1 Å². The van der Waals surface area contributed by atoms with Gasteiger partial charge in [-0.05, 0) is 41.8 Å². The third-order valence-electron chi connectivity index (χ3n) is 5.40. The van der Waals surface area contributed by atoms with Crippen molar-refractivity contribution in [2.45, 2.75) is 6.42 Å². The third-order valence-corrected chi connectivity index (χ3v) is 5.73. The van der Waals surface area contributed by atoms with E-state index >= 15 is 0 Å². The van der Waals surface area contributed by atoms with Crippen molar-refractivity contribution in [2.75, 3.05) is 17.7 Å². The molecule has 1 fully saturated rings. The van der Waals surface area contributed by atoms with Crippen LogP contribution in [0.1, 0.15) is 16.8 Å². The predicted octanol–water partition coefficient (Wildman–Crippen LogP) is 5.64. The highest BCUT2D eigenvalue weighted by Gasteiger charge is 2.48. The molecule has 0 spiro atoms. The lowest BCUT2D eigenvalue weighted by Crippen LogP contribution is -2.19. The summed E-state index contributed by atoms with van der Waals surface area (Å²) < 4.78 is 4.71. The van der Waals surface area contributed by atoms with E-state index in [4.69, 9.17) is 16.3 Å². The van der Waals surface area contributed by atoms with Crippen molar-refractivity contribution in [3.05, 3.63) is 83.4 Å². The molecule has 0 bridgehead atoms.